The monoisotopic (exact) mass is 302 g/mol. The topological polar surface area (TPSA) is 37.3 Å². The molecule has 2 heteroatoms. The summed E-state index contributed by atoms with van der Waals surface area (Å²) in [6.45, 7) is 6.85. The number of fused-ring (bicyclic) bond motifs is 5. The minimum atomic E-state index is -0.484. The molecule has 3 fully saturated rings. The van der Waals surface area contributed by atoms with Crippen LogP contribution in [0.25, 0.3) is 0 Å². The Kier molecular flexibility index (Phi) is 3.03. The van der Waals surface area contributed by atoms with Gasteiger partial charge in [0.25, 0.3) is 0 Å². The SMILES string of the molecule is C[C@]12CCC(=O)C=C1CC[C@H]1[C@H]2CC[C@@]2(C)[C@H]1CC[C@]2(C)O. The summed E-state index contributed by atoms with van der Waals surface area (Å²) in [6, 6.07) is 0. The highest BCUT2D eigenvalue weighted by Crippen LogP contribution is 2.67. The highest BCUT2D eigenvalue weighted by atomic mass is 16.3. The average molecular weight is 302 g/mol. The van der Waals surface area contributed by atoms with Crippen molar-refractivity contribution in [1.29, 1.82) is 0 Å². The van der Waals surface area contributed by atoms with Gasteiger partial charge in [-0.2, -0.15) is 0 Å². The summed E-state index contributed by atoms with van der Waals surface area (Å²) in [4.78, 5) is 11.8. The third kappa shape index (κ3) is 1.74. The van der Waals surface area contributed by atoms with E-state index in [4.69, 9.17) is 0 Å². The number of carbonyl (C=O) groups excluding carboxylic acids is 1. The summed E-state index contributed by atoms with van der Waals surface area (Å²) < 4.78 is 0. The molecule has 0 heterocycles. The van der Waals surface area contributed by atoms with Gasteiger partial charge in [-0.05, 0) is 86.5 Å². The first-order chi connectivity index (χ1) is 10.3. The van der Waals surface area contributed by atoms with E-state index in [0.29, 0.717) is 11.7 Å². The Hall–Kier alpha value is -0.630. The van der Waals surface area contributed by atoms with Gasteiger partial charge in [0, 0.05) is 6.42 Å². The first-order valence-corrected chi connectivity index (χ1v) is 9.24. The maximum absolute atomic E-state index is 11.8. The standard InChI is InChI=1S/C20H30O2/c1-18-9-6-14(21)12-13(18)4-5-15-16(18)7-10-19(2)17(15)8-11-20(19,3)22/h12,15-17,22H,4-11H2,1-3H3/t15-,16+,17-,18-,19-,20-/m0/s1. The number of carbonyl (C=O) groups is 1. The van der Waals surface area contributed by atoms with E-state index in [0.717, 1.165) is 43.9 Å². The average Bonchev–Trinajstić information content (AvgIpc) is 2.70. The van der Waals surface area contributed by atoms with E-state index in [1.807, 2.05) is 6.08 Å². The lowest BCUT2D eigenvalue weighted by atomic mass is 9.46. The zero-order chi connectivity index (χ0) is 15.8. The molecule has 2 nitrogen and oxygen atoms in total. The van der Waals surface area contributed by atoms with Crippen LogP contribution in [0.15, 0.2) is 11.6 Å². The fourth-order valence-corrected chi connectivity index (χ4v) is 6.80. The number of aliphatic hydroxyl groups is 1. The Morgan fingerprint density at radius 2 is 1.73 bits per heavy atom. The number of hydrogen-bond acceptors (Lipinski definition) is 2. The van der Waals surface area contributed by atoms with Gasteiger partial charge in [0.1, 0.15) is 0 Å². The fraction of sp³-hybridized carbons (Fsp3) is 0.850. The second-order valence-corrected chi connectivity index (χ2v) is 9.24. The molecular weight excluding hydrogens is 272 g/mol. The summed E-state index contributed by atoms with van der Waals surface area (Å²) >= 11 is 0. The molecule has 0 unspecified atom stereocenters. The summed E-state index contributed by atoms with van der Waals surface area (Å²) in [5, 5.41) is 10.9. The number of ketones is 1. The molecule has 0 aliphatic heterocycles. The van der Waals surface area contributed by atoms with E-state index in [2.05, 4.69) is 20.8 Å². The highest BCUT2D eigenvalue weighted by Gasteiger charge is 2.62. The van der Waals surface area contributed by atoms with E-state index >= 15 is 0 Å². The van der Waals surface area contributed by atoms with Crippen LogP contribution in [0.3, 0.4) is 0 Å². The largest absolute Gasteiger partial charge is 0.390 e. The maximum Gasteiger partial charge on any atom is 0.155 e. The van der Waals surface area contributed by atoms with Crippen LogP contribution in [0.1, 0.15) is 72.1 Å². The fourth-order valence-electron chi connectivity index (χ4n) is 6.80. The van der Waals surface area contributed by atoms with Gasteiger partial charge in [0.05, 0.1) is 5.60 Å². The summed E-state index contributed by atoms with van der Waals surface area (Å²) in [7, 11) is 0. The number of rotatable bonds is 0. The third-order valence-corrected chi connectivity index (χ3v) is 8.52. The summed E-state index contributed by atoms with van der Waals surface area (Å²) in [5.41, 5.74) is 1.32. The van der Waals surface area contributed by atoms with Gasteiger partial charge in [-0.25, -0.2) is 0 Å². The Morgan fingerprint density at radius 3 is 2.50 bits per heavy atom. The first kappa shape index (κ1) is 14.9. The van der Waals surface area contributed by atoms with Gasteiger partial charge in [-0.15, -0.1) is 0 Å². The van der Waals surface area contributed by atoms with Crippen LogP contribution < -0.4 is 0 Å². The lowest BCUT2D eigenvalue weighted by Crippen LogP contribution is -2.53. The van der Waals surface area contributed by atoms with Crippen molar-refractivity contribution in [3.8, 4) is 0 Å². The van der Waals surface area contributed by atoms with Crippen molar-refractivity contribution >= 4 is 5.78 Å². The molecule has 0 saturated heterocycles. The van der Waals surface area contributed by atoms with Gasteiger partial charge in [0.2, 0.25) is 0 Å². The molecule has 0 amide bonds. The third-order valence-electron chi connectivity index (χ3n) is 8.52. The van der Waals surface area contributed by atoms with Crippen molar-refractivity contribution < 1.29 is 9.90 Å². The molecule has 22 heavy (non-hydrogen) atoms. The van der Waals surface area contributed by atoms with Crippen molar-refractivity contribution in [2.24, 2.45) is 28.6 Å². The van der Waals surface area contributed by atoms with Crippen LogP contribution >= 0.6 is 0 Å². The molecular formula is C20H30O2. The van der Waals surface area contributed by atoms with Crippen molar-refractivity contribution in [3.63, 3.8) is 0 Å². The van der Waals surface area contributed by atoms with Crippen LogP contribution in [-0.4, -0.2) is 16.5 Å². The number of hydrogen-bond donors (Lipinski definition) is 1. The van der Waals surface area contributed by atoms with Crippen LogP contribution in [-0.2, 0) is 4.79 Å². The molecule has 0 aromatic carbocycles. The molecule has 4 rings (SSSR count). The molecule has 6 atom stereocenters. The zero-order valence-corrected chi connectivity index (χ0v) is 14.3. The zero-order valence-electron chi connectivity index (χ0n) is 14.3. The quantitative estimate of drug-likeness (QED) is 0.725. The molecule has 3 saturated carbocycles. The van der Waals surface area contributed by atoms with E-state index in [9.17, 15) is 9.90 Å². The first-order valence-electron chi connectivity index (χ1n) is 9.24. The van der Waals surface area contributed by atoms with Crippen LogP contribution in [0, 0.1) is 28.6 Å². The minimum absolute atomic E-state index is 0.107. The predicted molar refractivity (Wildman–Crippen MR) is 87.3 cm³/mol. The van der Waals surface area contributed by atoms with E-state index in [1.165, 1.54) is 24.8 Å². The summed E-state index contributed by atoms with van der Waals surface area (Å²) in [5.74, 6) is 2.50. The molecule has 0 bridgehead atoms. The van der Waals surface area contributed by atoms with Crippen molar-refractivity contribution in [2.75, 3.05) is 0 Å². The van der Waals surface area contributed by atoms with Gasteiger partial charge >= 0.3 is 0 Å². The molecule has 4 aliphatic rings. The van der Waals surface area contributed by atoms with Crippen LogP contribution in [0.2, 0.25) is 0 Å². The molecule has 122 valence electrons. The Labute approximate surface area is 134 Å². The van der Waals surface area contributed by atoms with Gasteiger partial charge in [-0.3, -0.25) is 4.79 Å². The lowest BCUT2D eigenvalue weighted by molar-refractivity contribution is -0.124. The molecule has 0 aromatic heterocycles. The van der Waals surface area contributed by atoms with Crippen molar-refractivity contribution in [1.82, 2.24) is 0 Å². The van der Waals surface area contributed by atoms with Crippen LogP contribution in [0.4, 0.5) is 0 Å². The molecule has 0 radical (unpaired) electrons. The molecule has 0 aromatic rings. The van der Waals surface area contributed by atoms with Crippen LogP contribution in [0.5, 0.6) is 0 Å². The summed E-state index contributed by atoms with van der Waals surface area (Å²) in [6.07, 6.45) is 10.7. The maximum atomic E-state index is 11.8. The molecule has 1 N–H and O–H groups in total. The Balaban J connectivity index is 1.70. The van der Waals surface area contributed by atoms with Gasteiger partial charge in [-0.1, -0.05) is 19.4 Å². The second kappa shape index (κ2) is 4.47. The van der Waals surface area contributed by atoms with E-state index in [1.54, 1.807) is 0 Å². The molecule has 0 spiro atoms. The second-order valence-electron chi connectivity index (χ2n) is 9.24. The van der Waals surface area contributed by atoms with Crippen molar-refractivity contribution in [3.05, 3.63) is 11.6 Å². The normalized spacial score (nSPS) is 54.3. The van der Waals surface area contributed by atoms with Crippen molar-refractivity contribution in [2.45, 2.75) is 77.7 Å². The minimum Gasteiger partial charge on any atom is -0.390 e. The van der Waals surface area contributed by atoms with Gasteiger partial charge in [0.15, 0.2) is 5.78 Å². The Morgan fingerprint density at radius 1 is 1.00 bits per heavy atom. The smallest absolute Gasteiger partial charge is 0.155 e. The number of allylic oxidation sites excluding steroid dienone is 1. The lowest BCUT2D eigenvalue weighted by Gasteiger charge is -2.58. The van der Waals surface area contributed by atoms with E-state index in [-0.39, 0.29) is 10.8 Å². The van der Waals surface area contributed by atoms with Gasteiger partial charge < -0.3 is 5.11 Å². The predicted octanol–water partition coefficient (Wildman–Crippen LogP) is 4.27. The molecule has 4 aliphatic carbocycles. The Bertz CT molecular complexity index is 546. The van der Waals surface area contributed by atoms with E-state index < -0.39 is 5.60 Å². The highest BCUT2D eigenvalue weighted by molar-refractivity contribution is 5.91.